The Labute approximate surface area is 150 Å². The van der Waals surface area contributed by atoms with E-state index in [1.807, 2.05) is 0 Å². The number of fused-ring (bicyclic) bond motifs is 1. The van der Waals surface area contributed by atoms with Gasteiger partial charge in [0.25, 0.3) is 11.8 Å². The molecule has 1 unspecified atom stereocenters. The molecule has 4 amide bonds. The maximum atomic E-state index is 12.5. The van der Waals surface area contributed by atoms with Gasteiger partial charge in [-0.05, 0) is 43.3 Å². The lowest BCUT2D eigenvalue weighted by molar-refractivity contribution is -0.119. The highest BCUT2D eigenvalue weighted by Crippen LogP contribution is 2.25. The highest BCUT2D eigenvalue weighted by atomic mass is 16.2. The number of benzene rings is 2. The summed E-state index contributed by atoms with van der Waals surface area (Å²) in [5, 5.41) is 5.29. The quantitative estimate of drug-likeness (QED) is 0.826. The monoisotopic (exact) mass is 351 g/mol. The minimum absolute atomic E-state index is 0.193. The number of rotatable bonds is 4. The molecule has 1 atom stereocenters. The first-order valence-electron chi connectivity index (χ1n) is 8.04. The van der Waals surface area contributed by atoms with E-state index in [-0.39, 0.29) is 5.91 Å². The van der Waals surface area contributed by atoms with Crippen molar-refractivity contribution in [2.45, 2.75) is 19.9 Å². The summed E-state index contributed by atoms with van der Waals surface area (Å²) < 4.78 is 0. The smallest absolute Gasteiger partial charge is 0.262 e. The lowest BCUT2D eigenvalue weighted by Crippen LogP contribution is -2.45. The molecule has 2 aromatic carbocycles. The van der Waals surface area contributed by atoms with Crippen molar-refractivity contribution in [2.75, 3.05) is 10.6 Å². The topological polar surface area (TPSA) is 95.6 Å². The van der Waals surface area contributed by atoms with Gasteiger partial charge in [0.15, 0.2) is 0 Å². The zero-order valence-corrected chi connectivity index (χ0v) is 14.3. The van der Waals surface area contributed by atoms with Crippen LogP contribution in [0.25, 0.3) is 0 Å². The lowest BCUT2D eigenvalue weighted by Gasteiger charge is -2.21. The second-order valence-electron chi connectivity index (χ2n) is 5.95. The van der Waals surface area contributed by atoms with E-state index < -0.39 is 23.8 Å². The average Bonchev–Trinajstić information content (AvgIpc) is 2.87. The summed E-state index contributed by atoms with van der Waals surface area (Å²) in [6.45, 7) is 2.90. The third kappa shape index (κ3) is 3.19. The number of anilines is 2. The standard InChI is InChI=1S/C19H17N3O4/c1-11(22-18(25)15-5-3-4-6-16(15)19(22)26)17(24)21-14-9-7-13(8-10-14)20-12(2)23/h3-11H,1-2H3,(H,20,23)(H,21,24). The van der Waals surface area contributed by atoms with Crippen LogP contribution in [-0.4, -0.2) is 34.6 Å². The van der Waals surface area contributed by atoms with Crippen molar-refractivity contribution < 1.29 is 19.2 Å². The minimum Gasteiger partial charge on any atom is -0.326 e. The van der Waals surface area contributed by atoms with Crippen LogP contribution in [0.5, 0.6) is 0 Å². The third-order valence-corrected chi connectivity index (χ3v) is 4.07. The fourth-order valence-corrected chi connectivity index (χ4v) is 2.76. The molecule has 1 heterocycles. The molecule has 0 radical (unpaired) electrons. The van der Waals surface area contributed by atoms with Crippen LogP contribution in [0.2, 0.25) is 0 Å². The maximum Gasteiger partial charge on any atom is 0.262 e. The Morgan fingerprint density at radius 1 is 0.846 bits per heavy atom. The van der Waals surface area contributed by atoms with Gasteiger partial charge in [0, 0.05) is 18.3 Å². The first kappa shape index (κ1) is 17.3. The van der Waals surface area contributed by atoms with Crippen molar-refractivity contribution >= 4 is 35.0 Å². The Morgan fingerprint density at radius 3 is 1.77 bits per heavy atom. The molecule has 1 aliphatic rings. The lowest BCUT2D eigenvalue weighted by atomic mass is 10.1. The number of nitrogens with one attached hydrogen (secondary N) is 2. The normalized spacial score (nSPS) is 14.0. The number of carbonyl (C=O) groups excluding carboxylic acids is 4. The van der Waals surface area contributed by atoms with Crippen LogP contribution in [-0.2, 0) is 9.59 Å². The third-order valence-electron chi connectivity index (χ3n) is 4.07. The summed E-state index contributed by atoms with van der Waals surface area (Å²) in [5.41, 5.74) is 1.70. The van der Waals surface area contributed by atoms with Crippen molar-refractivity contribution in [1.29, 1.82) is 0 Å². The Bertz CT molecular complexity index is 870. The first-order valence-corrected chi connectivity index (χ1v) is 8.04. The van der Waals surface area contributed by atoms with Gasteiger partial charge in [-0.3, -0.25) is 24.1 Å². The Morgan fingerprint density at radius 2 is 1.31 bits per heavy atom. The summed E-state index contributed by atoms with van der Waals surface area (Å²) in [5.74, 6) is -1.63. The van der Waals surface area contributed by atoms with Crippen LogP contribution in [0.15, 0.2) is 48.5 Å². The Kier molecular flexibility index (Phi) is 4.53. The molecular formula is C19H17N3O4. The Balaban J connectivity index is 1.72. The van der Waals surface area contributed by atoms with Crippen LogP contribution >= 0.6 is 0 Å². The molecule has 0 saturated carbocycles. The van der Waals surface area contributed by atoms with E-state index in [0.717, 1.165) is 4.90 Å². The van der Waals surface area contributed by atoms with E-state index in [9.17, 15) is 19.2 Å². The predicted molar refractivity (Wildman–Crippen MR) is 95.8 cm³/mol. The molecule has 7 nitrogen and oxygen atoms in total. The van der Waals surface area contributed by atoms with Crippen molar-refractivity contribution in [1.82, 2.24) is 4.90 Å². The van der Waals surface area contributed by atoms with E-state index in [0.29, 0.717) is 22.5 Å². The molecule has 0 fully saturated rings. The van der Waals surface area contributed by atoms with E-state index in [4.69, 9.17) is 0 Å². The average molecular weight is 351 g/mol. The molecule has 1 aliphatic heterocycles. The number of carbonyl (C=O) groups is 4. The van der Waals surface area contributed by atoms with Gasteiger partial charge in [0.1, 0.15) is 6.04 Å². The van der Waals surface area contributed by atoms with Gasteiger partial charge in [-0.15, -0.1) is 0 Å². The van der Waals surface area contributed by atoms with E-state index in [2.05, 4.69) is 10.6 Å². The summed E-state index contributed by atoms with van der Waals surface area (Å²) in [7, 11) is 0. The second-order valence-corrected chi connectivity index (χ2v) is 5.95. The summed E-state index contributed by atoms with van der Waals surface area (Å²) >= 11 is 0. The molecule has 3 rings (SSSR count). The van der Waals surface area contributed by atoms with Gasteiger partial charge >= 0.3 is 0 Å². The van der Waals surface area contributed by atoms with Crippen LogP contribution < -0.4 is 10.6 Å². The molecule has 2 N–H and O–H groups in total. The van der Waals surface area contributed by atoms with E-state index >= 15 is 0 Å². The predicted octanol–water partition coefficient (Wildman–Crippen LogP) is 2.27. The number of nitrogens with zero attached hydrogens (tertiary/aromatic N) is 1. The fourth-order valence-electron chi connectivity index (χ4n) is 2.76. The molecule has 0 aromatic heterocycles. The van der Waals surface area contributed by atoms with Gasteiger partial charge in [0.2, 0.25) is 11.8 Å². The number of hydrogen-bond acceptors (Lipinski definition) is 4. The van der Waals surface area contributed by atoms with Crippen molar-refractivity contribution in [3.05, 3.63) is 59.7 Å². The first-order chi connectivity index (χ1) is 12.4. The van der Waals surface area contributed by atoms with Gasteiger partial charge in [-0.2, -0.15) is 0 Å². The molecule has 7 heteroatoms. The molecule has 26 heavy (non-hydrogen) atoms. The van der Waals surface area contributed by atoms with Crippen LogP contribution in [0, 0.1) is 0 Å². The summed E-state index contributed by atoms with van der Waals surface area (Å²) in [4.78, 5) is 49.3. The molecule has 0 spiro atoms. The Hall–Kier alpha value is -3.48. The molecule has 132 valence electrons. The summed E-state index contributed by atoms with van der Waals surface area (Å²) in [6.07, 6.45) is 0. The molecule has 2 aromatic rings. The maximum absolute atomic E-state index is 12.5. The summed E-state index contributed by atoms with van der Waals surface area (Å²) in [6, 6.07) is 12.1. The highest BCUT2D eigenvalue weighted by molar-refractivity contribution is 6.23. The van der Waals surface area contributed by atoms with E-state index in [1.54, 1.807) is 48.5 Å². The van der Waals surface area contributed by atoms with Crippen LogP contribution in [0.1, 0.15) is 34.6 Å². The molecule has 0 bridgehead atoms. The van der Waals surface area contributed by atoms with Crippen molar-refractivity contribution in [3.63, 3.8) is 0 Å². The zero-order valence-electron chi connectivity index (χ0n) is 14.3. The largest absolute Gasteiger partial charge is 0.326 e. The minimum atomic E-state index is -0.961. The van der Waals surface area contributed by atoms with E-state index in [1.165, 1.54) is 13.8 Å². The van der Waals surface area contributed by atoms with Gasteiger partial charge < -0.3 is 10.6 Å². The molecular weight excluding hydrogens is 334 g/mol. The zero-order chi connectivity index (χ0) is 18.8. The van der Waals surface area contributed by atoms with Crippen molar-refractivity contribution in [2.24, 2.45) is 0 Å². The van der Waals surface area contributed by atoms with Gasteiger partial charge in [-0.1, -0.05) is 12.1 Å². The van der Waals surface area contributed by atoms with Crippen molar-refractivity contribution in [3.8, 4) is 0 Å². The second kappa shape index (κ2) is 6.79. The number of hydrogen-bond donors (Lipinski definition) is 2. The van der Waals surface area contributed by atoms with Crippen LogP contribution in [0.4, 0.5) is 11.4 Å². The molecule has 0 aliphatic carbocycles. The SMILES string of the molecule is CC(=O)Nc1ccc(NC(=O)C(C)N2C(=O)c3ccccc3C2=O)cc1. The number of amides is 4. The van der Waals surface area contributed by atoms with Gasteiger partial charge in [-0.25, -0.2) is 0 Å². The van der Waals surface area contributed by atoms with Crippen LogP contribution in [0.3, 0.4) is 0 Å². The molecule has 0 saturated heterocycles. The fraction of sp³-hybridized carbons (Fsp3) is 0.158. The van der Waals surface area contributed by atoms with Gasteiger partial charge in [0.05, 0.1) is 11.1 Å². The number of imide groups is 1. The highest BCUT2D eigenvalue weighted by Gasteiger charge is 2.40.